The van der Waals surface area contributed by atoms with Crippen molar-refractivity contribution < 1.29 is 23.4 Å². The minimum atomic E-state index is -3.61. The van der Waals surface area contributed by atoms with Gasteiger partial charge in [-0.25, -0.2) is 0 Å². The van der Waals surface area contributed by atoms with Gasteiger partial charge >= 0.3 is 6.11 Å². The number of fused-ring (bicyclic) bond motifs is 1. The van der Waals surface area contributed by atoms with E-state index >= 15 is 0 Å². The van der Waals surface area contributed by atoms with Crippen molar-refractivity contribution in [2.45, 2.75) is 12.2 Å². The predicted octanol–water partition coefficient (Wildman–Crippen LogP) is 1.52. The molecule has 0 saturated carbocycles. The van der Waals surface area contributed by atoms with E-state index in [1.54, 1.807) is 0 Å². The molecule has 3 nitrogen and oxygen atoms in total. The molecule has 0 radical (unpaired) electrons. The molecule has 1 aromatic rings. The first-order valence-corrected chi connectivity index (χ1v) is 3.88. The molecule has 0 fully saturated rings. The summed E-state index contributed by atoms with van der Waals surface area (Å²) in [6.07, 6.45) is -5.09. The van der Waals surface area contributed by atoms with Gasteiger partial charge in [0.2, 0.25) is 0 Å². The highest BCUT2D eigenvalue weighted by Crippen LogP contribution is 2.45. The van der Waals surface area contributed by atoms with Crippen LogP contribution in [-0.2, 0) is 0 Å². The van der Waals surface area contributed by atoms with Crippen molar-refractivity contribution in [2.24, 2.45) is 0 Å². The van der Waals surface area contributed by atoms with Crippen LogP contribution >= 0.6 is 0 Å². The summed E-state index contributed by atoms with van der Waals surface area (Å²) in [5, 5.41) is 9.14. The van der Waals surface area contributed by atoms with Crippen LogP contribution in [0.25, 0.3) is 0 Å². The third-order valence-electron chi connectivity index (χ3n) is 2.03. The second-order valence-electron chi connectivity index (χ2n) is 2.98. The molecule has 1 heterocycles. The first kappa shape index (κ1) is 9.08. The van der Waals surface area contributed by atoms with Crippen LogP contribution in [0, 0.1) is 0 Å². The van der Waals surface area contributed by atoms with Crippen LogP contribution in [0.3, 0.4) is 0 Å². The Morgan fingerprint density at radius 3 is 2.86 bits per heavy atom. The van der Waals surface area contributed by atoms with Gasteiger partial charge < -0.3 is 9.84 Å². The van der Waals surface area contributed by atoms with Crippen LogP contribution in [0.2, 0.25) is 0 Å². The van der Waals surface area contributed by atoms with E-state index in [0.717, 1.165) is 0 Å². The van der Waals surface area contributed by atoms with Crippen molar-refractivity contribution in [3.05, 3.63) is 29.3 Å². The summed E-state index contributed by atoms with van der Waals surface area (Å²) in [5.41, 5.74) is 0.170. The second kappa shape index (κ2) is 2.75. The second-order valence-corrected chi connectivity index (χ2v) is 2.98. The van der Waals surface area contributed by atoms with E-state index in [1.807, 2.05) is 0 Å². The van der Waals surface area contributed by atoms with Gasteiger partial charge in [0.25, 0.3) is 0 Å². The zero-order valence-electron chi connectivity index (χ0n) is 6.91. The number of aliphatic hydroxyl groups excluding tert-OH is 1. The smallest absolute Gasteiger partial charge is 0.429 e. The molecule has 74 valence electrons. The Morgan fingerprint density at radius 1 is 1.50 bits per heavy atom. The SMILES string of the molecule is O=Cc1ccc2c(c1)C(O)C(F)(F)O2. The van der Waals surface area contributed by atoms with Gasteiger partial charge in [-0.1, -0.05) is 0 Å². The molecule has 2 rings (SSSR count). The van der Waals surface area contributed by atoms with E-state index in [0.29, 0.717) is 6.29 Å². The van der Waals surface area contributed by atoms with Gasteiger partial charge in [0, 0.05) is 11.1 Å². The molecule has 1 atom stereocenters. The highest BCUT2D eigenvalue weighted by molar-refractivity contribution is 5.76. The monoisotopic (exact) mass is 200 g/mol. The van der Waals surface area contributed by atoms with Gasteiger partial charge in [-0.3, -0.25) is 4.79 Å². The Bertz CT molecular complexity index is 390. The number of halogens is 2. The van der Waals surface area contributed by atoms with Crippen molar-refractivity contribution in [1.82, 2.24) is 0 Å². The van der Waals surface area contributed by atoms with Crippen LogP contribution in [0.1, 0.15) is 22.0 Å². The Balaban J connectivity index is 2.50. The quantitative estimate of drug-likeness (QED) is 0.699. The number of hydrogen-bond acceptors (Lipinski definition) is 3. The van der Waals surface area contributed by atoms with Gasteiger partial charge in [-0.15, -0.1) is 0 Å². The standard InChI is InChI=1S/C9H6F2O3/c10-9(11)8(13)6-3-5(4-12)1-2-7(6)14-9/h1-4,8,13H. The summed E-state index contributed by atoms with van der Waals surface area (Å²) in [6, 6.07) is 3.77. The molecule has 14 heavy (non-hydrogen) atoms. The number of aliphatic hydroxyl groups is 1. The number of benzene rings is 1. The van der Waals surface area contributed by atoms with Crippen molar-refractivity contribution in [2.75, 3.05) is 0 Å². The summed E-state index contributed by atoms with van der Waals surface area (Å²) >= 11 is 0. The summed E-state index contributed by atoms with van der Waals surface area (Å²) in [6.45, 7) is 0. The van der Waals surface area contributed by atoms with Crippen LogP contribution < -0.4 is 4.74 Å². The number of rotatable bonds is 1. The zero-order chi connectivity index (χ0) is 10.3. The topological polar surface area (TPSA) is 46.5 Å². The maximum Gasteiger partial charge on any atom is 0.429 e. The Morgan fingerprint density at radius 2 is 2.21 bits per heavy atom. The first-order chi connectivity index (χ1) is 6.54. The molecule has 0 bridgehead atoms. The van der Waals surface area contributed by atoms with E-state index in [4.69, 9.17) is 5.11 Å². The van der Waals surface area contributed by atoms with E-state index in [-0.39, 0.29) is 16.9 Å². The molecule has 0 saturated heterocycles. The average Bonchev–Trinajstić information content (AvgIpc) is 2.38. The molecule has 0 aliphatic carbocycles. The number of ether oxygens (including phenoxy) is 1. The summed E-state index contributed by atoms with van der Waals surface area (Å²) in [5.74, 6) is -0.0897. The summed E-state index contributed by atoms with van der Waals surface area (Å²) in [7, 11) is 0. The van der Waals surface area contributed by atoms with Gasteiger partial charge in [0.15, 0.2) is 6.10 Å². The third kappa shape index (κ3) is 1.17. The lowest BCUT2D eigenvalue weighted by molar-refractivity contribution is -0.224. The van der Waals surface area contributed by atoms with Gasteiger partial charge in [0.05, 0.1) is 0 Å². The van der Waals surface area contributed by atoms with Crippen molar-refractivity contribution in [3.63, 3.8) is 0 Å². The largest absolute Gasteiger partial charge is 0.430 e. The number of alkyl halides is 2. The number of carbonyl (C=O) groups is 1. The van der Waals surface area contributed by atoms with Gasteiger partial charge in [-0.05, 0) is 18.2 Å². The minimum absolute atomic E-state index is 0.0559. The number of carbonyl (C=O) groups excluding carboxylic acids is 1. The van der Waals surface area contributed by atoms with Crippen LogP contribution in [0.15, 0.2) is 18.2 Å². The zero-order valence-corrected chi connectivity index (χ0v) is 6.91. The van der Waals surface area contributed by atoms with E-state index in [1.165, 1.54) is 18.2 Å². The number of hydrogen-bond donors (Lipinski definition) is 1. The molecule has 1 aliphatic rings. The molecule has 1 aliphatic heterocycles. The lowest BCUT2D eigenvalue weighted by atomic mass is 10.1. The predicted molar refractivity (Wildman–Crippen MR) is 42.4 cm³/mol. The Labute approximate surface area is 77.9 Å². The van der Waals surface area contributed by atoms with Crippen LogP contribution in [-0.4, -0.2) is 17.5 Å². The van der Waals surface area contributed by atoms with Crippen LogP contribution in [0.4, 0.5) is 8.78 Å². The maximum atomic E-state index is 12.8. The normalized spacial score (nSPS) is 22.6. The van der Waals surface area contributed by atoms with E-state index in [2.05, 4.69) is 4.74 Å². The lowest BCUT2D eigenvalue weighted by Gasteiger charge is -2.11. The highest BCUT2D eigenvalue weighted by atomic mass is 19.3. The molecule has 1 N–H and O–H groups in total. The van der Waals surface area contributed by atoms with Gasteiger partial charge in [0.1, 0.15) is 12.0 Å². The Hall–Kier alpha value is -1.49. The molecule has 1 aromatic carbocycles. The summed E-state index contributed by atoms with van der Waals surface area (Å²) < 4.78 is 29.8. The minimum Gasteiger partial charge on any atom is -0.430 e. The first-order valence-electron chi connectivity index (χ1n) is 3.88. The Kier molecular flexibility index (Phi) is 1.78. The lowest BCUT2D eigenvalue weighted by Crippen LogP contribution is -2.26. The maximum absolute atomic E-state index is 12.8. The molecular formula is C9H6F2O3. The fourth-order valence-electron chi connectivity index (χ4n) is 1.33. The molecule has 0 aromatic heterocycles. The van der Waals surface area contributed by atoms with Crippen molar-refractivity contribution >= 4 is 6.29 Å². The van der Waals surface area contributed by atoms with Crippen LogP contribution in [0.5, 0.6) is 5.75 Å². The molecule has 0 spiro atoms. The molecule has 5 heteroatoms. The summed E-state index contributed by atoms with van der Waals surface area (Å²) in [4.78, 5) is 10.4. The van der Waals surface area contributed by atoms with Crippen molar-refractivity contribution in [1.29, 1.82) is 0 Å². The van der Waals surface area contributed by atoms with Gasteiger partial charge in [-0.2, -0.15) is 8.78 Å². The fourth-order valence-corrected chi connectivity index (χ4v) is 1.33. The van der Waals surface area contributed by atoms with E-state index in [9.17, 15) is 13.6 Å². The molecule has 0 amide bonds. The number of aldehydes is 1. The highest BCUT2D eigenvalue weighted by Gasteiger charge is 2.49. The fraction of sp³-hybridized carbons (Fsp3) is 0.222. The third-order valence-corrected chi connectivity index (χ3v) is 2.03. The average molecular weight is 200 g/mol. The molecular weight excluding hydrogens is 194 g/mol. The molecule has 1 unspecified atom stereocenters. The van der Waals surface area contributed by atoms with Crippen molar-refractivity contribution in [3.8, 4) is 5.75 Å². The van der Waals surface area contributed by atoms with E-state index < -0.39 is 12.2 Å².